The first-order chi connectivity index (χ1) is 13.2. The van der Waals surface area contributed by atoms with Crippen LogP contribution >= 0.6 is 11.6 Å². The topological polar surface area (TPSA) is 79.1 Å². The van der Waals surface area contributed by atoms with Crippen molar-refractivity contribution in [1.82, 2.24) is 20.2 Å². The molecule has 0 radical (unpaired) electrons. The molecule has 0 N–H and O–H groups in total. The summed E-state index contributed by atoms with van der Waals surface area (Å²) >= 11 is 5.98. The Hall–Kier alpha value is -2.77. The predicted octanol–water partition coefficient (Wildman–Crippen LogP) is 3.31. The van der Waals surface area contributed by atoms with Gasteiger partial charge in [0.25, 0.3) is 0 Å². The number of esters is 1. The Morgan fingerprint density at radius 1 is 1.15 bits per heavy atom. The van der Waals surface area contributed by atoms with Crippen LogP contribution in [-0.2, 0) is 20.8 Å². The summed E-state index contributed by atoms with van der Waals surface area (Å²) in [6.45, 7) is 2.23. The lowest BCUT2D eigenvalue weighted by Crippen LogP contribution is -2.20. The van der Waals surface area contributed by atoms with E-state index in [0.717, 1.165) is 11.1 Å². The number of hydrogen-bond donors (Lipinski definition) is 0. The van der Waals surface area contributed by atoms with Gasteiger partial charge in [-0.15, -0.1) is 5.10 Å². The summed E-state index contributed by atoms with van der Waals surface area (Å²) in [5.74, 6) is 0.200. The van der Waals surface area contributed by atoms with Crippen LogP contribution in [-0.4, -0.2) is 39.4 Å². The lowest BCUT2D eigenvalue weighted by molar-refractivity contribution is -0.151. The fraction of sp³-hybridized carbons (Fsp3) is 0.263. The largest absolute Gasteiger partial charge is 0.464 e. The molecule has 1 unspecified atom stereocenters. The summed E-state index contributed by atoms with van der Waals surface area (Å²) in [6, 6.07) is 16.9. The van der Waals surface area contributed by atoms with Crippen LogP contribution in [0, 0.1) is 0 Å². The van der Waals surface area contributed by atoms with E-state index in [0.29, 0.717) is 24.0 Å². The van der Waals surface area contributed by atoms with Gasteiger partial charge in [-0.05, 0) is 35.0 Å². The molecule has 0 aliphatic heterocycles. The second-order valence-electron chi connectivity index (χ2n) is 5.71. The number of ether oxygens (including phenoxy) is 2. The number of benzene rings is 2. The molecule has 0 saturated heterocycles. The van der Waals surface area contributed by atoms with E-state index in [2.05, 4.69) is 15.5 Å². The fourth-order valence-corrected chi connectivity index (χ4v) is 2.71. The van der Waals surface area contributed by atoms with Crippen LogP contribution in [0.15, 0.2) is 54.6 Å². The summed E-state index contributed by atoms with van der Waals surface area (Å²) in [5.41, 5.74) is 1.75. The molecule has 0 saturated carbocycles. The van der Waals surface area contributed by atoms with Gasteiger partial charge in [0, 0.05) is 10.6 Å². The van der Waals surface area contributed by atoms with Crippen LogP contribution in [0.3, 0.4) is 0 Å². The van der Waals surface area contributed by atoms with Gasteiger partial charge < -0.3 is 9.47 Å². The third-order valence-electron chi connectivity index (χ3n) is 3.85. The third kappa shape index (κ3) is 5.12. The monoisotopic (exact) mass is 386 g/mol. The van der Waals surface area contributed by atoms with Crippen LogP contribution in [0.2, 0.25) is 5.02 Å². The molecule has 0 aliphatic rings. The highest BCUT2D eigenvalue weighted by Crippen LogP contribution is 2.24. The molecule has 0 fully saturated rings. The Kier molecular flexibility index (Phi) is 6.51. The molecule has 0 aliphatic carbocycles. The third-order valence-corrected chi connectivity index (χ3v) is 4.10. The number of carbonyl (C=O) groups excluding carboxylic acids is 1. The lowest BCUT2D eigenvalue weighted by Gasteiger charge is -2.18. The average molecular weight is 387 g/mol. The second-order valence-corrected chi connectivity index (χ2v) is 6.14. The molecule has 27 heavy (non-hydrogen) atoms. The van der Waals surface area contributed by atoms with Gasteiger partial charge in [-0.3, -0.25) is 0 Å². The average Bonchev–Trinajstić information content (AvgIpc) is 3.15. The maximum Gasteiger partial charge on any atom is 0.332 e. The van der Waals surface area contributed by atoms with Crippen molar-refractivity contribution in [3.05, 3.63) is 65.2 Å². The zero-order chi connectivity index (χ0) is 19.1. The Labute approximate surface area is 161 Å². The summed E-state index contributed by atoms with van der Waals surface area (Å²) < 4.78 is 12.4. The minimum absolute atomic E-state index is 0.163. The van der Waals surface area contributed by atoms with E-state index in [9.17, 15) is 4.79 Å². The molecule has 7 nitrogen and oxygen atoms in total. The maximum absolute atomic E-state index is 11.7. The van der Waals surface area contributed by atoms with E-state index < -0.39 is 12.1 Å². The molecule has 0 spiro atoms. The predicted molar refractivity (Wildman–Crippen MR) is 100 cm³/mol. The Bertz CT molecular complexity index is 868. The molecule has 3 aromatic rings. The van der Waals surface area contributed by atoms with Crippen molar-refractivity contribution < 1.29 is 14.3 Å². The van der Waals surface area contributed by atoms with Crippen molar-refractivity contribution in [2.24, 2.45) is 0 Å². The highest BCUT2D eigenvalue weighted by atomic mass is 35.5. The zero-order valence-electron chi connectivity index (χ0n) is 14.8. The lowest BCUT2D eigenvalue weighted by atomic mass is 10.1. The van der Waals surface area contributed by atoms with E-state index in [1.165, 1.54) is 0 Å². The first-order valence-corrected chi connectivity index (χ1v) is 8.89. The van der Waals surface area contributed by atoms with Gasteiger partial charge in [-0.1, -0.05) is 54.1 Å². The van der Waals surface area contributed by atoms with E-state index >= 15 is 0 Å². The van der Waals surface area contributed by atoms with Crippen molar-refractivity contribution in [1.29, 1.82) is 0 Å². The van der Waals surface area contributed by atoms with Gasteiger partial charge in [0.05, 0.1) is 13.2 Å². The van der Waals surface area contributed by atoms with Crippen LogP contribution in [0.5, 0.6) is 0 Å². The first kappa shape index (κ1) is 19.0. The number of carbonyl (C=O) groups is 1. The van der Waals surface area contributed by atoms with Crippen molar-refractivity contribution >= 4 is 17.6 Å². The summed E-state index contributed by atoms with van der Waals surface area (Å²) in [4.78, 5) is 11.7. The minimum atomic E-state index is -0.447. The summed E-state index contributed by atoms with van der Waals surface area (Å²) in [6.07, 6.45) is -0.447. The Balaban J connectivity index is 1.82. The summed E-state index contributed by atoms with van der Waals surface area (Å²) in [7, 11) is 0. The highest BCUT2D eigenvalue weighted by molar-refractivity contribution is 6.30. The Morgan fingerprint density at radius 3 is 2.59 bits per heavy atom. The standard InChI is InChI=1S/C19H19ClN4O3/c1-2-26-18(25)13-27-17(14-8-10-16(20)11-9-14)12-24-19(21-22-23-24)15-6-4-3-5-7-15/h3-11,17H,2,12-13H2,1H3. The van der Waals surface area contributed by atoms with Crippen molar-refractivity contribution in [3.8, 4) is 11.4 Å². The quantitative estimate of drug-likeness (QED) is 0.552. The van der Waals surface area contributed by atoms with Crippen LogP contribution in [0.25, 0.3) is 11.4 Å². The van der Waals surface area contributed by atoms with Crippen molar-refractivity contribution in [2.45, 2.75) is 19.6 Å². The number of hydrogen-bond acceptors (Lipinski definition) is 6. The highest BCUT2D eigenvalue weighted by Gasteiger charge is 2.19. The molecule has 3 rings (SSSR count). The number of halogens is 1. The number of tetrazole rings is 1. The van der Waals surface area contributed by atoms with E-state index in [1.807, 2.05) is 42.5 Å². The van der Waals surface area contributed by atoms with Gasteiger partial charge in [-0.2, -0.15) is 0 Å². The number of rotatable bonds is 8. The fourth-order valence-electron chi connectivity index (χ4n) is 2.58. The van der Waals surface area contributed by atoms with E-state index in [-0.39, 0.29) is 6.61 Å². The molecule has 0 amide bonds. The minimum Gasteiger partial charge on any atom is -0.464 e. The molecule has 1 aromatic heterocycles. The van der Waals surface area contributed by atoms with Gasteiger partial charge in [-0.25, -0.2) is 9.48 Å². The van der Waals surface area contributed by atoms with Gasteiger partial charge in [0.15, 0.2) is 5.82 Å². The number of aromatic nitrogens is 4. The van der Waals surface area contributed by atoms with E-state index in [1.54, 1.807) is 23.7 Å². The van der Waals surface area contributed by atoms with Gasteiger partial charge in [0.1, 0.15) is 12.7 Å². The van der Waals surface area contributed by atoms with Crippen LogP contribution in [0.1, 0.15) is 18.6 Å². The molecular formula is C19H19ClN4O3. The molecule has 8 heteroatoms. The number of nitrogens with zero attached hydrogens (tertiary/aromatic N) is 4. The molecular weight excluding hydrogens is 368 g/mol. The first-order valence-electron chi connectivity index (χ1n) is 8.51. The summed E-state index contributed by atoms with van der Waals surface area (Å²) in [5, 5.41) is 12.6. The normalized spacial score (nSPS) is 11.9. The SMILES string of the molecule is CCOC(=O)COC(Cn1nnnc1-c1ccccc1)c1ccc(Cl)cc1. The zero-order valence-corrected chi connectivity index (χ0v) is 15.5. The van der Waals surface area contributed by atoms with E-state index in [4.69, 9.17) is 21.1 Å². The second kappa shape index (κ2) is 9.25. The Morgan fingerprint density at radius 2 is 1.89 bits per heavy atom. The molecule has 2 aromatic carbocycles. The maximum atomic E-state index is 11.7. The molecule has 1 atom stereocenters. The van der Waals surface area contributed by atoms with Crippen molar-refractivity contribution in [2.75, 3.05) is 13.2 Å². The van der Waals surface area contributed by atoms with Crippen molar-refractivity contribution in [3.63, 3.8) is 0 Å². The molecule has 0 bridgehead atoms. The van der Waals surface area contributed by atoms with Gasteiger partial charge >= 0.3 is 5.97 Å². The van der Waals surface area contributed by atoms with Crippen LogP contribution in [0.4, 0.5) is 0 Å². The smallest absolute Gasteiger partial charge is 0.332 e. The molecule has 140 valence electrons. The molecule has 1 heterocycles. The van der Waals surface area contributed by atoms with Crippen LogP contribution < -0.4 is 0 Å². The van der Waals surface area contributed by atoms with Gasteiger partial charge in [0.2, 0.25) is 0 Å².